The third-order valence-corrected chi connectivity index (χ3v) is 4.74. The van der Waals surface area contributed by atoms with E-state index in [1.807, 2.05) is 0 Å². The van der Waals surface area contributed by atoms with E-state index in [1.54, 1.807) is 31.2 Å². The summed E-state index contributed by atoms with van der Waals surface area (Å²) in [6.45, 7) is 4.31. The summed E-state index contributed by atoms with van der Waals surface area (Å²) in [5, 5.41) is 5.03. The molecule has 0 spiro atoms. The molecule has 0 aliphatic heterocycles. The van der Waals surface area contributed by atoms with Gasteiger partial charge in [0.15, 0.2) is 0 Å². The van der Waals surface area contributed by atoms with E-state index in [0.717, 1.165) is 12.8 Å². The van der Waals surface area contributed by atoms with Crippen LogP contribution in [0.4, 0.5) is 4.39 Å². The van der Waals surface area contributed by atoms with Crippen molar-refractivity contribution in [1.29, 1.82) is 0 Å². The van der Waals surface area contributed by atoms with Gasteiger partial charge in [0.2, 0.25) is 0 Å². The molecule has 0 saturated carbocycles. The Hall–Kier alpha value is -2.93. The van der Waals surface area contributed by atoms with Gasteiger partial charge < -0.3 is 9.72 Å². The van der Waals surface area contributed by atoms with Crippen LogP contribution >= 0.6 is 11.6 Å². The number of benzene rings is 1. The fraction of sp³-hybridized carbons (Fsp3) is 0.250. The number of hydrogen-bond acceptors (Lipinski definition) is 4. The molecular weight excluding hydrogens is 383 g/mol. The Kier molecular flexibility index (Phi) is 4.77. The fourth-order valence-electron chi connectivity index (χ4n) is 3.17. The van der Waals surface area contributed by atoms with E-state index in [1.165, 1.54) is 10.7 Å². The van der Waals surface area contributed by atoms with Crippen molar-refractivity contribution in [2.75, 3.05) is 6.61 Å². The van der Waals surface area contributed by atoms with Crippen molar-refractivity contribution in [1.82, 2.24) is 19.7 Å². The van der Waals surface area contributed by atoms with Crippen LogP contribution < -0.4 is 10.3 Å². The lowest BCUT2D eigenvalue weighted by Gasteiger charge is -2.10. The Morgan fingerprint density at radius 3 is 2.89 bits per heavy atom. The maximum atomic E-state index is 14.7. The summed E-state index contributed by atoms with van der Waals surface area (Å²) in [6, 6.07) is 7.73. The van der Waals surface area contributed by atoms with Crippen molar-refractivity contribution in [3.05, 3.63) is 57.3 Å². The lowest BCUT2D eigenvalue weighted by Crippen LogP contribution is -2.08. The van der Waals surface area contributed by atoms with E-state index in [9.17, 15) is 9.18 Å². The molecule has 1 aromatic carbocycles. The zero-order valence-electron chi connectivity index (χ0n) is 15.4. The highest BCUT2D eigenvalue weighted by atomic mass is 35.5. The molecule has 0 atom stereocenters. The molecule has 4 aromatic rings. The second-order valence-corrected chi connectivity index (χ2v) is 6.91. The molecule has 0 radical (unpaired) electrons. The number of aromatic amines is 1. The highest BCUT2D eigenvalue weighted by molar-refractivity contribution is 6.30. The van der Waals surface area contributed by atoms with Crippen LogP contribution in [-0.2, 0) is 0 Å². The maximum Gasteiger partial charge on any atom is 0.259 e. The molecule has 3 aromatic heterocycles. The first kappa shape index (κ1) is 18.4. The smallest absolute Gasteiger partial charge is 0.259 e. The monoisotopic (exact) mass is 400 g/mol. The van der Waals surface area contributed by atoms with E-state index in [4.69, 9.17) is 16.3 Å². The molecular formula is C20H18ClFN4O2. The molecule has 0 unspecified atom stereocenters. The van der Waals surface area contributed by atoms with E-state index in [0.29, 0.717) is 40.0 Å². The standard InChI is InChI=1S/C20H18ClFN4O2/c1-3-4-9-28-12-5-6-13(22)15(10-12)26-19-17(11(2)25-26)20(27)23-14-7-8-16(21)24-18(14)19/h5-8,10H,3-4,9H2,1-2H3,(H,23,27). The average molecular weight is 401 g/mol. The molecule has 1 N–H and O–H groups in total. The lowest BCUT2D eigenvalue weighted by molar-refractivity contribution is 0.309. The third-order valence-electron chi connectivity index (χ3n) is 4.53. The van der Waals surface area contributed by atoms with Crippen LogP contribution in [0.2, 0.25) is 5.15 Å². The van der Waals surface area contributed by atoms with Gasteiger partial charge in [0, 0.05) is 6.07 Å². The largest absolute Gasteiger partial charge is 0.494 e. The minimum Gasteiger partial charge on any atom is -0.494 e. The van der Waals surface area contributed by atoms with Crippen LogP contribution in [0.15, 0.2) is 35.1 Å². The van der Waals surface area contributed by atoms with E-state index < -0.39 is 5.82 Å². The highest BCUT2D eigenvalue weighted by Crippen LogP contribution is 2.28. The van der Waals surface area contributed by atoms with Gasteiger partial charge in [0.25, 0.3) is 5.56 Å². The van der Waals surface area contributed by atoms with Crippen LogP contribution in [0.3, 0.4) is 0 Å². The number of nitrogens with one attached hydrogen (secondary N) is 1. The Balaban J connectivity index is 1.99. The molecule has 8 heteroatoms. The number of fused-ring (bicyclic) bond motifs is 3. The van der Waals surface area contributed by atoms with Gasteiger partial charge in [-0.1, -0.05) is 24.9 Å². The molecule has 3 heterocycles. The van der Waals surface area contributed by atoms with Crippen LogP contribution in [0, 0.1) is 12.7 Å². The van der Waals surface area contributed by atoms with Crippen molar-refractivity contribution in [2.45, 2.75) is 26.7 Å². The van der Waals surface area contributed by atoms with Gasteiger partial charge in [-0.25, -0.2) is 14.1 Å². The fourth-order valence-corrected chi connectivity index (χ4v) is 3.32. The van der Waals surface area contributed by atoms with Crippen molar-refractivity contribution >= 4 is 33.5 Å². The molecule has 0 aliphatic carbocycles. The van der Waals surface area contributed by atoms with Gasteiger partial charge >= 0.3 is 0 Å². The molecule has 0 bridgehead atoms. The van der Waals surface area contributed by atoms with Gasteiger partial charge in [-0.05, 0) is 37.6 Å². The van der Waals surface area contributed by atoms with E-state index in [-0.39, 0.29) is 16.4 Å². The summed E-state index contributed by atoms with van der Waals surface area (Å²) in [7, 11) is 0. The number of pyridine rings is 2. The Morgan fingerprint density at radius 2 is 2.11 bits per heavy atom. The van der Waals surface area contributed by atoms with Crippen molar-refractivity contribution in [3.8, 4) is 11.4 Å². The van der Waals surface area contributed by atoms with Gasteiger partial charge in [0.05, 0.1) is 23.2 Å². The second kappa shape index (κ2) is 7.24. The van der Waals surface area contributed by atoms with Crippen molar-refractivity contribution in [3.63, 3.8) is 0 Å². The zero-order chi connectivity index (χ0) is 19.8. The number of ether oxygens (including phenoxy) is 1. The third kappa shape index (κ3) is 3.11. The molecule has 144 valence electrons. The molecule has 0 saturated heterocycles. The van der Waals surface area contributed by atoms with Gasteiger partial charge in [-0.15, -0.1) is 0 Å². The zero-order valence-corrected chi connectivity index (χ0v) is 16.2. The van der Waals surface area contributed by atoms with Crippen molar-refractivity contribution in [2.24, 2.45) is 0 Å². The SMILES string of the molecule is CCCCOc1ccc(F)c(-n2nc(C)c3c(=O)[nH]c4ccc(Cl)nc4c32)c1. The number of unbranched alkanes of at least 4 members (excludes halogenated alkanes) is 1. The number of aromatic nitrogens is 4. The maximum absolute atomic E-state index is 14.7. The number of hydrogen-bond donors (Lipinski definition) is 1. The predicted molar refractivity (Wildman–Crippen MR) is 107 cm³/mol. The summed E-state index contributed by atoms with van der Waals surface area (Å²) >= 11 is 6.06. The Labute approximate surface area is 164 Å². The molecule has 0 aliphatic rings. The first-order valence-corrected chi connectivity index (χ1v) is 9.38. The number of rotatable bonds is 5. The van der Waals surface area contributed by atoms with E-state index in [2.05, 4.69) is 22.0 Å². The minimum atomic E-state index is -0.484. The van der Waals surface area contributed by atoms with E-state index >= 15 is 0 Å². The first-order valence-electron chi connectivity index (χ1n) is 9.00. The Bertz CT molecular complexity index is 1250. The lowest BCUT2D eigenvalue weighted by atomic mass is 10.2. The summed E-state index contributed by atoms with van der Waals surface area (Å²) in [5.41, 5.74) is 1.69. The topological polar surface area (TPSA) is 72.8 Å². The predicted octanol–water partition coefficient (Wildman–Crippen LogP) is 4.54. The normalized spacial score (nSPS) is 11.4. The number of nitrogens with zero attached hydrogens (tertiary/aromatic N) is 3. The summed E-state index contributed by atoms with van der Waals surface area (Å²) in [4.78, 5) is 19.7. The van der Waals surface area contributed by atoms with Crippen LogP contribution in [0.5, 0.6) is 5.75 Å². The minimum absolute atomic E-state index is 0.181. The number of H-pyrrole nitrogens is 1. The van der Waals surface area contributed by atoms with Gasteiger partial charge in [-0.2, -0.15) is 5.10 Å². The highest BCUT2D eigenvalue weighted by Gasteiger charge is 2.19. The summed E-state index contributed by atoms with van der Waals surface area (Å²) < 4.78 is 21.8. The van der Waals surface area contributed by atoms with Gasteiger partial charge in [0.1, 0.15) is 33.4 Å². The first-order chi connectivity index (χ1) is 13.5. The van der Waals surface area contributed by atoms with Crippen molar-refractivity contribution < 1.29 is 9.13 Å². The molecule has 0 fully saturated rings. The van der Waals surface area contributed by atoms with Crippen LogP contribution in [0.1, 0.15) is 25.5 Å². The number of aryl methyl sites for hydroxylation is 1. The molecule has 4 rings (SSSR count). The molecule has 6 nitrogen and oxygen atoms in total. The quantitative estimate of drug-likeness (QED) is 0.394. The van der Waals surface area contributed by atoms with Gasteiger partial charge in [-0.3, -0.25) is 4.79 Å². The second-order valence-electron chi connectivity index (χ2n) is 6.52. The molecule has 28 heavy (non-hydrogen) atoms. The Morgan fingerprint density at radius 1 is 1.29 bits per heavy atom. The molecule has 0 amide bonds. The summed E-state index contributed by atoms with van der Waals surface area (Å²) in [6.07, 6.45) is 1.90. The van der Waals surface area contributed by atoms with Crippen LogP contribution in [0.25, 0.3) is 27.6 Å². The number of halogens is 2. The summed E-state index contributed by atoms with van der Waals surface area (Å²) in [5.74, 6) is 0.0500. The van der Waals surface area contributed by atoms with Crippen LogP contribution in [-0.4, -0.2) is 26.4 Å². The average Bonchev–Trinajstić information content (AvgIpc) is 3.02.